The van der Waals surface area contributed by atoms with E-state index in [-0.39, 0.29) is 12.1 Å². The molecule has 1 saturated carbocycles. The summed E-state index contributed by atoms with van der Waals surface area (Å²) in [4.78, 5) is 21.7. The molecule has 184 valence electrons. The van der Waals surface area contributed by atoms with Crippen molar-refractivity contribution in [2.75, 3.05) is 30.0 Å². The third-order valence-corrected chi connectivity index (χ3v) is 7.09. The van der Waals surface area contributed by atoms with Gasteiger partial charge < -0.3 is 15.0 Å². The summed E-state index contributed by atoms with van der Waals surface area (Å²) < 4.78 is 5.62. The molecule has 1 aromatic heterocycles. The first-order valence-electron chi connectivity index (χ1n) is 13.0. The monoisotopic (exact) mass is 464 g/mol. The van der Waals surface area contributed by atoms with E-state index < -0.39 is 0 Å². The molecule has 0 bridgehead atoms. The summed E-state index contributed by atoms with van der Waals surface area (Å²) in [7, 11) is 1.81. The number of hydrogen-bond acceptors (Lipinski definition) is 4. The number of aromatic nitrogens is 1. The van der Waals surface area contributed by atoms with Gasteiger partial charge in [-0.2, -0.15) is 0 Å². The molecule has 0 saturated heterocycles. The molecule has 6 heteroatoms. The van der Waals surface area contributed by atoms with Crippen LogP contribution in [0.15, 0.2) is 36.5 Å². The Morgan fingerprint density at radius 2 is 1.94 bits per heavy atom. The molecular weight excluding hydrogens is 424 g/mol. The zero-order valence-corrected chi connectivity index (χ0v) is 21.2. The van der Waals surface area contributed by atoms with E-state index in [2.05, 4.69) is 40.5 Å². The Bertz CT molecular complexity index is 953. The molecule has 4 rings (SSSR count). The number of pyridine rings is 1. The number of urea groups is 1. The van der Waals surface area contributed by atoms with Crippen LogP contribution < -0.4 is 19.9 Å². The van der Waals surface area contributed by atoms with E-state index in [0.717, 1.165) is 42.6 Å². The predicted octanol–water partition coefficient (Wildman–Crippen LogP) is 5.59. The van der Waals surface area contributed by atoms with E-state index in [9.17, 15) is 4.79 Å². The van der Waals surface area contributed by atoms with Gasteiger partial charge in [0.1, 0.15) is 11.6 Å². The first-order valence-corrected chi connectivity index (χ1v) is 13.0. The van der Waals surface area contributed by atoms with Gasteiger partial charge in [-0.15, -0.1) is 0 Å². The quantitative estimate of drug-likeness (QED) is 0.553. The predicted molar refractivity (Wildman–Crippen MR) is 139 cm³/mol. The van der Waals surface area contributed by atoms with Crippen LogP contribution in [0.3, 0.4) is 0 Å². The average Bonchev–Trinajstić information content (AvgIpc) is 3.16. The van der Waals surface area contributed by atoms with Crippen molar-refractivity contribution in [3.05, 3.63) is 47.7 Å². The minimum absolute atomic E-state index is 0.0975. The first kappa shape index (κ1) is 24.4. The molecule has 1 fully saturated rings. The number of ether oxygens (including phenoxy) is 1. The van der Waals surface area contributed by atoms with Crippen molar-refractivity contribution in [2.24, 2.45) is 5.92 Å². The van der Waals surface area contributed by atoms with Gasteiger partial charge in [0.05, 0.1) is 18.5 Å². The Kier molecular flexibility index (Phi) is 7.96. The lowest BCUT2D eigenvalue weighted by molar-refractivity contribution is 0.245. The molecule has 1 N–H and O–H groups in total. The second-order valence-corrected chi connectivity index (χ2v) is 10.1. The number of benzene rings is 1. The molecule has 2 aliphatic rings. The van der Waals surface area contributed by atoms with Crippen molar-refractivity contribution in [3.63, 3.8) is 0 Å². The van der Waals surface area contributed by atoms with Crippen LogP contribution in [0, 0.1) is 5.92 Å². The fraction of sp³-hybridized carbons (Fsp3) is 0.571. The van der Waals surface area contributed by atoms with Crippen molar-refractivity contribution in [1.29, 1.82) is 0 Å². The molecule has 2 heterocycles. The summed E-state index contributed by atoms with van der Waals surface area (Å²) in [5.74, 6) is 2.76. The van der Waals surface area contributed by atoms with Gasteiger partial charge in [-0.3, -0.25) is 4.90 Å². The van der Waals surface area contributed by atoms with Crippen LogP contribution in [0.2, 0.25) is 0 Å². The van der Waals surface area contributed by atoms with Crippen molar-refractivity contribution in [1.82, 2.24) is 10.3 Å². The maximum atomic E-state index is 12.5. The van der Waals surface area contributed by atoms with Gasteiger partial charge in [-0.25, -0.2) is 9.78 Å². The zero-order valence-electron chi connectivity index (χ0n) is 21.2. The molecule has 0 spiro atoms. The van der Waals surface area contributed by atoms with E-state index in [1.165, 1.54) is 43.2 Å². The molecule has 1 unspecified atom stereocenters. The summed E-state index contributed by atoms with van der Waals surface area (Å²) >= 11 is 0. The molecule has 0 radical (unpaired) electrons. The number of anilines is 2. The van der Waals surface area contributed by atoms with Gasteiger partial charge in [-0.1, -0.05) is 31.4 Å². The maximum absolute atomic E-state index is 12.5. The molecule has 2 aromatic rings. The van der Waals surface area contributed by atoms with Crippen LogP contribution in [-0.2, 0) is 12.8 Å². The van der Waals surface area contributed by atoms with Gasteiger partial charge in [0.2, 0.25) is 0 Å². The van der Waals surface area contributed by atoms with Gasteiger partial charge in [-0.05, 0) is 81.7 Å². The standard InChI is InChI=1S/C28H40N4O2/c1-5-34-26-13-11-21(12-14-26)15-24-16-23-17-25(31(4)28(33)30-20(2)3)18-29-27(23)32(24)19-22-9-7-6-8-10-22/h11-14,17-18,20,22,24H,5-10,15-16,19H2,1-4H3,(H,30,33). The number of carbonyl (C=O) groups excluding carboxylic acids is 1. The number of nitrogens with zero attached hydrogens (tertiary/aromatic N) is 3. The number of amides is 2. The van der Waals surface area contributed by atoms with Crippen LogP contribution in [0.5, 0.6) is 5.75 Å². The van der Waals surface area contributed by atoms with Crippen molar-refractivity contribution in [2.45, 2.75) is 77.8 Å². The largest absolute Gasteiger partial charge is 0.494 e. The Labute approximate surface area is 204 Å². The number of nitrogens with one attached hydrogen (secondary N) is 1. The molecule has 2 amide bonds. The lowest BCUT2D eigenvalue weighted by Gasteiger charge is -2.32. The topological polar surface area (TPSA) is 57.7 Å². The second-order valence-electron chi connectivity index (χ2n) is 10.1. The van der Waals surface area contributed by atoms with E-state index in [4.69, 9.17) is 9.72 Å². The highest BCUT2D eigenvalue weighted by atomic mass is 16.5. The van der Waals surface area contributed by atoms with Crippen LogP contribution in [-0.4, -0.2) is 43.3 Å². The highest BCUT2D eigenvalue weighted by molar-refractivity contribution is 5.91. The van der Waals surface area contributed by atoms with Crippen molar-refractivity contribution in [3.8, 4) is 5.75 Å². The summed E-state index contributed by atoms with van der Waals surface area (Å²) in [5, 5.41) is 2.97. The number of hydrogen-bond donors (Lipinski definition) is 1. The summed E-state index contributed by atoms with van der Waals surface area (Å²) in [6.07, 6.45) is 10.5. The van der Waals surface area contributed by atoms with Crippen molar-refractivity contribution < 1.29 is 9.53 Å². The Morgan fingerprint density at radius 3 is 2.62 bits per heavy atom. The SMILES string of the molecule is CCOc1ccc(CC2Cc3cc(N(C)C(=O)NC(C)C)cnc3N2CC2CCCCC2)cc1. The van der Waals surface area contributed by atoms with Gasteiger partial charge in [0.15, 0.2) is 0 Å². The lowest BCUT2D eigenvalue weighted by Crippen LogP contribution is -2.41. The van der Waals surface area contributed by atoms with E-state index in [0.29, 0.717) is 12.6 Å². The number of rotatable bonds is 8. The fourth-order valence-corrected chi connectivity index (χ4v) is 5.31. The maximum Gasteiger partial charge on any atom is 0.321 e. The Morgan fingerprint density at radius 1 is 1.21 bits per heavy atom. The van der Waals surface area contributed by atoms with Gasteiger partial charge >= 0.3 is 6.03 Å². The van der Waals surface area contributed by atoms with E-state index in [1.807, 2.05) is 34.0 Å². The summed E-state index contributed by atoms with van der Waals surface area (Å²) in [5.41, 5.74) is 3.41. The van der Waals surface area contributed by atoms with Crippen LogP contribution in [0.25, 0.3) is 0 Å². The zero-order chi connectivity index (χ0) is 24.1. The van der Waals surface area contributed by atoms with Crippen molar-refractivity contribution >= 4 is 17.5 Å². The average molecular weight is 465 g/mol. The molecule has 34 heavy (non-hydrogen) atoms. The Balaban J connectivity index is 1.54. The fourth-order valence-electron chi connectivity index (χ4n) is 5.31. The lowest BCUT2D eigenvalue weighted by atomic mass is 9.88. The van der Waals surface area contributed by atoms with Crippen LogP contribution in [0.1, 0.15) is 64.0 Å². The smallest absolute Gasteiger partial charge is 0.321 e. The molecule has 1 aliphatic carbocycles. The van der Waals surface area contributed by atoms with Crippen LogP contribution in [0.4, 0.5) is 16.3 Å². The molecule has 1 aliphatic heterocycles. The Hall–Kier alpha value is -2.76. The van der Waals surface area contributed by atoms with E-state index >= 15 is 0 Å². The summed E-state index contributed by atoms with van der Waals surface area (Å²) in [6, 6.07) is 11.1. The third kappa shape index (κ3) is 5.83. The minimum atomic E-state index is -0.0975. The number of fused-ring (bicyclic) bond motifs is 1. The normalized spacial score (nSPS) is 18.1. The molecule has 1 atom stereocenters. The summed E-state index contributed by atoms with van der Waals surface area (Å²) in [6.45, 7) is 7.72. The minimum Gasteiger partial charge on any atom is -0.494 e. The van der Waals surface area contributed by atoms with Gasteiger partial charge in [0, 0.05) is 25.7 Å². The second kappa shape index (κ2) is 11.1. The highest BCUT2D eigenvalue weighted by Crippen LogP contribution is 2.36. The van der Waals surface area contributed by atoms with Crippen LogP contribution >= 0.6 is 0 Å². The molecule has 6 nitrogen and oxygen atoms in total. The van der Waals surface area contributed by atoms with E-state index in [1.54, 1.807) is 4.90 Å². The molecule has 1 aromatic carbocycles. The first-order chi connectivity index (χ1) is 16.4. The highest BCUT2D eigenvalue weighted by Gasteiger charge is 2.33. The molecular formula is C28H40N4O2. The third-order valence-electron chi connectivity index (χ3n) is 7.09. The number of carbonyl (C=O) groups is 1. The van der Waals surface area contributed by atoms with Gasteiger partial charge in [0.25, 0.3) is 0 Å².